The molecule has 0 unspecified atom stereocenters. The van der Waals surface area contributed by atoms with Gasteiger partial charge in [-0.05, 0) is 12.8 Å². The molecule has 3 nitrogen and oxygen atoms in total. The number of nitrogens with zero attached hydrogens (tertiary/aromatic N) is 1. The van der Waals surface area contributed by atoms with Crippen molar-refractivity contribution >= 4 is 0 Å². The molecule has 0 radical (unpaired) electrons. The minimum absolute atomic E-state index is 0.773. The summed E-state index contributed by atoms with van der Waals surface area (Å²) in [5.74, 6) is 0. The highest BCUT2D eigenvalue weighted by atomic mass is 16.7. The first-order chi connectivity index (χ1) is 5.83. The van der Waals surface area contributed by atoms with Gasteiger partial charge in [0.2, 0.25) is 0 Å². The molecule has 0 aromatic rings. The predicted molar refractivity (Wildman–Crippen MR) is 49.9 cm³/mol. The van der Waals surface area contributed by atoms with Crippen LogP contribution in [-0.4, -0.2) is 38.4 Å². The van der Waals surface area contributed by atoms with Crippen molar-refractivity contribution < 1.29 is 4.84 Å². The lowest BCUT2D eigenvalue weighted by Crippen LogP contribution is -2.33. The lowest BCUT2D eigenvalue weighted by atomic mass is 10.2. The molecule has 72 valence electrons. The van der Waals surface area contributed by atoms with Crippen molar-refractivity contribution in [2.45, 2.75) is 31.7 Å². The van der Waals surface area contributed by atoms with Gasteiger partial charge in [-0.3, -0.25) is 0 Å². The van der Waals surface area contributed by atoms with Gasteiger partial charge >= 0.3 is 0 Å². The summed E-state index contributed by atoms with van der Waals surface area (Å²) in [6.07, 6.45) is 5.52. The Bertz CT molecular complexity index is 113. The van der Waals surface area contributed by atoms with E-state index in [-0.39, 0.29) is 0 Å². The van der Waals surface area contributed by atoms with Gasteiger partial charge in [-0.25, -0.2) is 0 Å². The number of hydrogen-bond donors (Lipinski definition) is 1. The first kappa shape index (κ1) is 9.96. The zero-order valence-electron chi connectivity index (χ0n) is 8.18. The van der Waals surface area contributed by atoms with E-state index in [0.29, 0.717) is 0 Å². The second-order valence-corrected chi connectivity index (χ2v) is 3.47. The van der Waals surface area contributed by atoms with Crippen molar-refractivity contribution in [1.82, 2.24) is 10.4 Å². The largest absolute Gasteiger partial charge is 0.313 e. The second kappa shape index (κ2) is 5.51. The zero-order chi connectivity index (χ0) is 8.81. The van der Waals surface area contributed by atoms with E-state index in [1.54, 1.807) is 7.11 Å². The van der Waals surface area contributed by atoms with Crippen molar-refractivity contribution in [1.29, 1.82) is 0 Å². The van der Waals surface area contributed by atoms with Crippen LogP contribution < -0.4 is 5.32 Å². The fourth-order valence-corrected chi connectivity index (χ4v) is 1.65. The third-order valence-electron chi connectivity index (χ3n) is 2.53. The van der Waals surface area contributed by atoms with Crippen molar-refractivity contribution in [2.24, 2.45) is 0 Å². The minimum atomic E-state index is 0.773. The van der Waals surface area contributed by atoms with E-state index >= 15 is 0 Å². The van der Waals surface area contributed by atoms with Gasteiger partial charge in [-0.2, -0.15) is 5.06 Å². The van der Waals surface area contributed by atoms with Crippen LogP contribution in [0.15, 0.2) is 0 Å². The molecule has 1 saturated carbocycles. The summed E-state index contributed by atoms with van der Waals surface area (Å²) in [6.45, 7) is 2.00. The normalized spacial score (nSPS) is 19.2. The Hall–Kier alpha value is -0.120. The van der Waals surface area contributed by atoms with E-state index in [2.05, 4.69) is 5.32 Å². The molecule has 1 aliphatic carbocycles. The predicted octanol–water partition coefficient (Wildman–Crippen LogP) is 1.01. The summed E-state index contributed by atoms with van der Waals surface area (Å²) in [5, 5.41) is 5.37. The molecule has 0 atom stereocenters. The van der Waals surface area contributed by atoms with E-state index in [9.17, 15) is 0 Å². The van der Waals surface area contributed by atoms with Crippen LogP contribution in [0.1, 0.15) is 25.7 Å². The maximum absolute atomic E-state index is 5.01. The monoisotopic (exact) mass is 172 g/mol. The van der Waals surface area contributed by atoms with E-state index in [0.717, 1.165) is 19.1 Å². The van der Waals surface area contributed by atoms with Gasteiger partial charge in [-0.15, -0.1) is 0 Å². The third-order valence-corrected chi connectivity index (χ3v) is 2.53. The molecule has 1 fully saturated rings. The van der Waals surface area contributed by atoms with Crippen molar-refractivity contribution in [2.75, 3.05) is 27.2 Å². The lowest BCUT2D eigenvalue weighted by Gasteiger charge is -2.16. The molecule has 0 aliphatic heterocycles. The van der Waals surface area contributed by atoms with Crippen LogP contribution in [0.5, 0.6) is 0 Å². The molecule has 1 N–H and O–H groups in total. The highest BCUT2D eigenvalue weighted by Crippen LogP contribution is 2.17. The summed E-state index contributed by atoms with van der Waals surface area (Å²) >= 11 is 0. The van der Waals surface area contributed by atoms with Crippen molar-refractivity contribution in [3.63, 3.8) is 0 Å². The fourth-order valence-electron chi connectivity index (χ4n) is 1.65. The van der Waals surface area contributed by atoms with Crippen molar-refractivity contribution in [3.8, 4) is 0 Å². The molecule has 0 amide bonds. The molecule has 0 heterocycles. The molecule has 1 aliphatic rings. The molecule has 0 saturated heterocycles. The summed E-state index contributed by atoms with van der Waals surface area (Å²) < 4.78 is 0. The SMILES string of the molecule is CON(C)CCNC1CCCC1. The summed E-state index contributed by atoms with van der Waals surface area (Å²) in [6, 6.07) is 0.773. The summed E-state index contributed by atoms with van der Waals surface area (Å²) in [5.41, 5.74) is 0. The highest BCUT2D eigenvalue weighted by Gasteiger charge is 2.13. The van der Waals surface area contributed by atoms with Gasteiger partial charge in [-0.1, -0.05) is 12.8 Å². The quantitative estimate of drug-likeness (QED) is 0.626. The Balaban J connectivity index is 1.94. The van der Waals surface area contributed by atoms with E-state index in [1.165, 1.54) is 25.7 Å². The van der Waals surface area contributed by atoms with Crippen LogP contribution in [0, 0.1) is 0 Å². The van der Waals surface area contributed by atoms with Crippen LogP contribution in [0.2, 0.25) is 0 Å². The second-order valence-electron chi connectivity index (χ2n) is 3.47. The minimum Gasteiger partial charge on any atom is -0.313 e. The Morgan fingerprint density at radius 3 is 2.67 bits per heavy atom. The highest BCUT2D eigenvalue weighted by molar-refractivity contribution is 4.73. The molecule has 12 heavy (non-hydrogen) atoms. The van der Waals surface area contributed by atoms with Crippen LogP contribution in [-0.2, 0) is 4.84 Å². The summed E-state index contributed by atoms with van der Waals surface area (Å²) in [7, 11) is 3.66. The Kier molecular flexibility index (Phi) is 4.58. The molecular formula is C9H20N2O. The number of likely N-dealkylation sites (N-methyl/N-ethyl adjacent to an activating group) is 1. The molecule has 0 aromatic heterocycles. The van der Waals surface area contributed by atoms with Gasteiger partial charge in [0.25, 0.3) is 0 Å². The van der Waals surface area contributed by atoms with Gasteiger partial charge in [0.05, 0.1) is 7.11 Å². The Labute approximate surface area is 75.0 Å². The molecule has 0 bridgehead atoms. The van der Waals surface area contributed by atoms with Gasteiger partial charge in [0, 0.05) is 26.2 Å². The maximum Gasteiger partial charge on any atom is 0.0575 e. The van der Waals surface area contributed by atoms with Gasteiger partial charge in [0.15, 0.2) is 0 Å². The third kappa shape index (κ3) is 3.52. The van der Waals surface area contributed by atoms with Crippen LogP contribution in [0.4, 0.5) is 0 Å². The zero-order valence-corrected chi connectivity index (χ0v) is 8.18. The number of hydroxylamine groups is 2. The Morgan fingerprint density at radius 2 is 2.08 bits per heavy atom. The molecular weight excluding hydrogens is 152 g/mol. The molecule has 1 rings (SSSR count). The number of nitrogens with one attached hydrogen (secondary N) is 1. The molecule has 3 heteroatoms. The molecule has 0 spiro atoms. The topological polar surface area (TPSA) is 24.5 Å². The number of rotatable bonds is 5. The van der Waals surface area contributed by atoms with Gasteiger partial charge in [0.1, 0.15) is 0 Å². The fraction of sp³-hybridized carbons (Fsp3) is 1.00. The maximum atomic E-state index is 5.01. The van der Waals surface area contributed by atoms with Crippen LogP contribution >= 0.6 is 0 Å². The Morgan fingerprint density at radius 1 is 1.42 bits per heavy atom. The average molecular weight is 172 g/mol. The first-order valence-electron chi connectivity index (χ1n) is 4.81. The standard InChI is InChI=1S/C9H20N2O/c1-11(12-2)8-7-10-9-5-3-4-6-9/h9-10H,3-8H2,1-2H3. The van der Waals surface area contributed by atoms with E-state index < -0.39 is 0 Å². The lowest BCUT2D eigenvalue weighted by molar-refractivity contribution is -0.107. The smallest absolute Gasteiger partial charge is 0.0575 e. The summed E-state index contributed by atoms with van der Waals surface area (Å²) in [4.78, 5) is 5.01. The van der Waals surface area contributed by atoms with Gasteiger partial charge < -0.3 is 10.2 Å². The van der Waals surface area contributed by atoms with Crippen LogP contribution in [0.3, 0.4) is 0 Å². The van der Waals surface area contributed by atoms with E-state index in [1.807, 2.05) is 12.1 Å². The number of hydrogen-bond acceptors (Lipinski definition) is 3. The van der Waals surface area contributed by atoms with Crippen molar-refractivity contribution in [3.05, 3.63) is 0 Å². The molecule has 0 aromatic carbocycles. The average Bonchev–Trinajstić information content (AvgIpc) is 2.57. The van der Waals surface area contributed by atoms with Crippen LogP contribution in [0.25, 0.3) is 0 Å². The van der Waals surface area contributed by atoms with E-state index in [4.69, 9.17) is 4.84 Å². The first-order valence-corrected chi connectivity index (χ1v) is 4.81.